The Kier molecular flexibility index (Phi) is 3.19. The van der Waals surface area contributed by atoms with Crippen LogP contribution in [0.4, 0.5) is 5.69 Å². The number of benzene rings is 1. The highest BCUT2D eigenvalue weighted by molar-refractivity contribution is 5.82. The molecule has 4 nitrogen and oxygen atoms in total. The zero-order valence-electron chi connectivity index (χ0n) is 11.4. The second-order valence-electron chi connectivity index (χ2n) is 5.39. The highest BCUT2D eigenvalue weighted by Gasteiger charge is 2.44. The minimum atomic E-state index is -0.143. The zero-order chi connectivity index (χ0) is 13.4. The number of esters is 1. The van der Waals surface area contributed by atoms with Crippen LogP contribution < -0.4 is 10.2 Å². The van der Waals surface area contributed by atoms with Gasteiger partial charge in [-0.15, -0.1) is 0 Å². The Hall–Kier alpha value is -1.55. The summed E-state index contributed by atoms with van der Waals surface area (Å²) < 4.78 is 5.05. The fraction of sp³-hybridized carbons (Fsp3) is 0.533. The first-order chi connectivity index (χ1) is 9.24. The molecule has 102 valence electrons. The van der Waals surface area contributed by atoms with Crippen molar-refractivity contribution >= 4 is 11.7 Å². The average molecular weight is 260 g/mol. The lowest BCUT2D eigenvalue weighted by molar-refractivity contribution is -0.144. The molecule has 4 heteroatoms. The van der Waals surface area contributed by atoms with E-state index < -0.39 is 0 Å². The molecule has 0 bridgehead atoms. The summed E-state index contributed by atoms with van der Waals surface area (Å²) in [4.78, 5) is 14.6. The van der Waals surface area contributed by atoms with Crippen LogP contribution in [0, 0.1) is 5.92 Å². The van der Waals surface area contributed by atoms with Crippen LogP contribution in [0.3, 0.4) is 0 Å². The molecule has 0 aromatic heterocycles. The predicted molar refractivity (Wildman–Crippen MR) is 74.4 cm³/mol. The number of rotatable bonds is 1. The number of carbonyl (C=O) groups excluding carboxylic acids is 1. The van der Waals surface area contributed by atoms with Gasteiger partial charge in [0.15, 0.2) is 0 Å². The fourth-order valence-electron chi connectivity index (χ4n) is 3.60. The van der Waals surface area contributed by atoms with Gasteiger partial charge in [0.05, 0.1) is 13.0 Å². The molecule has 0 spiro atoms. The highest BCUT2D eigenvalue weighted by atomic mass is 16.5. The van der Waals surface area contributed by atoms with E-state index in [4.69, 9.17) is 4.74 Å². The number of nitrogens with zero attached hydrogens (tertiary/aromatic N) is 1. The largest absolute Gasteiger partial charge is 0.469 e. The van der Waals surface area contributed by atoms with Gasteiger partial charge in [-0.05, 0) is 24.6 Å². The van der Waals surface area contributed by atoms with Crippen molar-refractivity contribution in [2.75, 3.05) is 32.1 Å². The van der Waals surface area contributed by atoms with Crippen LogP contribution in [0.25, 0.3) is 0 Å². The van der Waals surface area contributed by atoms with Crippen molar-refractivity contribution in [3.05, 3.63) is 29.8 Å². The lowest BCUT2D eigenvalue weighted by Crippen LogP contribution is -2.54. The summed E-state index contributed by atoms with van der Waals surface area (Å²) in [5.74, 6) is 0.0375. The molecule has 0 radical (unpaired) electrons. The summed E-state index contributed by atoms with van der Waals surface area (Å²) >= 11 is 0. The van der Waals surface area contributed by atoms with E-state index in [0.717, 1.165) is 25.1 Å². The number of carbonyl (C=O) groups is 1. The van der Waals surface area contributed by atoms with E-state index in [2.05, 4.69) is 29.4 Å². The van der Waals surface area contributed by atoms with Crippen molar-refractivity contribution in [1.29, 1.82) is 0 Å². The maximum absolute atomic E-state index is 12.2. The fourth-order valence-corrected chi connectivity index (χ4v) is 3.60. The van der Waals surface area contributed by atoms with Gasteiger partial charge in [-0.1, -0.05) is 18.2 Å². The minimum absolute atomic E-state index is 0.112. The van der Waals surface area contributed by atoms with Gasteiger partial charge < -0.3 is 15.0 Å². The number of para-hydroxylation sites is 1. The van der Waals surface area contributed by atoms with Crippen LogP contribution in [-0.4, -0.2) is 39.3 Å². The smallest absolute Gasteiger partial charge is 0.313 e. The lowest BCUT2D eigenvalue weighted by Gasteiger charge is -2.47. The number of anilines is 1. The van der Waals surface area contributed by atoms with Gasteiger partial charge in [0, 0.05) is 31.2 Å². The van der Waals surface area contributed by atoms with Crippen LogP contribution in [0.5, 0.6) is 0 Å². The minimum Gasteiger partial charge on any atom is -0.469 e. The Labute approximate surface area is 113 Å². The Bertz CT molecular complexity index is 489. The third-order valence-electron chi connectivity index (χ3n) is 4.52. The van der Waals surface area contributed by atoms with Crippen molar-refractivity contribution in [2.24, 2.45) is 5.92 Å². The van der Waals surface area contributed by atoms with Crippen LogP contribution in [-0.2, 0) is 9.53 Å². The van der Waals surface area contributed by atoms with Gasteiger partial charge >= 0.3 is 5.97 Å². The molecule has 3 atom stereocenters. The standard InChI is InChI=1S/C15H20N2O2/c1-17-12-6-4-3-5-10(12)14(15(18)19-2)11-9-16-8-7-13(11)17/h3-6,11,13-14,16H,7-9H2,1-2H3. The van der Waals surface area contributed by atoms with E-state index in [-0.39, 0.29) is 11.9 Å². The monoisotopic (exact) mass is 260 g/mol. The number of methoxy groups -OCH3 is 1. The van der Waals surface area contributed by atoms with Gasteiger partial charge in [-0.25, -0.2) is 0 Å². The molecule has 1 aromatic carbocycles. The van der Waals surface area contributed by atoms with Crippen molar-refractivity contribution in [3.63, 3.8) is 0 Å². The molecule has 0 amide bonds. The van der Waals surface area contributed by atoms with Crippen molar-refractivity contribution in [1.82, 2.24) is 5.32 Å². The summed E-state index contributed by atoms with van der Waals surface area (Å²) in [6.45, 7) is 1.89. The molecule has 19 heavy (non-hydrogen) atoms. The quantitative estimate of drug-likeness (QED) is 0.774. The third-order valence-corrected chi connectivity index (χ3v) is 4.52. The molecule has 3 unspecified atom stereocenters. The number of nitrogens with one attached hydrogen (secondary N) is 1. The van der Waals surface area contributed by atoms with Gasteiger partial charge in [0.2, 0.25) is 0 Å². The Morgan fingerprint density at radius 2 is 2.21 bits per heavy atom. The number of hydrogen-bond acceptors (Lipinski definition) is 4. The second kappa shape index (κ2) is 4.85. The number of ether oxygens (including phenoxy) is 1. The van der Waals surface area contributed by atoms with E-state index in [1.807, 2.05) is 12.1 Å². The zero-order valence-corrected chi connectivity index (χ0v) is 11.4. The predicted octanol–water partition coefficient (Wildman–Crippen LogP) is 1.37. The van der Waals surface area contributed by atoms with Gasteiger partial charge in [-0.3, -0.25) is 4.79 Å². The van der Waals surface area contributed by atoms with Crippen LogP contribution in [0.15, 0.2) is 24.3 Å². The lowest BCUT2D eigenvalue weighted by atomic mass is 9.74. The normalized spacial score (nSPS) is 29.4. The van der Waals surface area contributed by atoms with Gasteiger partial charge in [0.25, 0.3) is 0 Å². The van der Waals surface area contributed by atoms with Crippen molar-refractivity contribution < 1.29 is 9.53 Å². The van der Waals surface area contributed by atoms with Crippen LogP contribution in [0.2, 0.25) is 0 Å². The van der Waals surface area contributed by atoms with E-state index >= 15 is 0 Å². The summed E-state index contributed by atoms with van der Waals surface area (Å²) in [6.07, 6.45) is 1.07. The molecule has 0 saturated carbocycles. The first kappa shape index (κ1) is 12.5. The number of hydrogen-bond donors (Lipinski definition) is 1. The maximum atomic E-state index is 12.2. The molecule has 0 aliphatic carbocycles. The molecule has 3 rings (SSSR count). The van der Waals surface area contributed by atoms with E-state index in [0.29, 0.717) is 12.0 Å². The molecule has 1 aromatic rings. The summed E-state index contributed by atoms with van der Waals surface area (Å²) in [6, 6.07) is 8.60. The summed E-state index contributed by atoms with van der Waals surface area (Å²) in [5.41, 5.74) is 2.27. The Morgan fingerprint density at radius 1 is 1.42 bits per heavy atom. The van der Waals surface area contributed by atoms with Gasteiger partial charge in [-0.2, -0.15) is 0 Å². The molecular weight excluding hydrogens is 240 g/mol. The maximum Gasteiger partial charge on any atom is 0.313 e. The number of fused-ring (bicyclic) bond motifs is 2. The van der Waals surface area contributed by atoms with Crippen molar-refractivity contribution in [3.8, 4) is 0 Å². The summed E-state index contributed by atoms with van der Waals surface area (Å²) in [5, 5.41) is 3.41. The van der Waals surface area contributed by atoms with Gasteiger partial charge in [0.1, 0.15) is 0 Å². The molecule has 1 fully saturated rings. The average Bonchev–Trinajstić information content (AvgIpc) is 2.47. The van der Waals surface area contributed by atoms with E-state index in [1.54, 1.807) is 0 Å². The molecule has 2 aliphatic heterocycles. The SMILES string of the molecule is COC(=O)C1c2ccccc2N(C)C2CCNCC12. The van der Waals surface area contributed by atoms with Crippen LogP contribution in [0.1, 0.15) is 17.9 Å². The molecular formula is C15H20N2O2. The topological polar surface area (TPSA) is 41.6 Å². The Balaban J connectivity index is 2.09. The summed E-state index contributed by atoms with van der Waals surface area (Å²) in [7, 11) is 3.61. The third kappa shape index (κ3) is 1.91. The van der Waals surface area contributed by atoms with Crippen LogP contribution >= 0.6 is 0 Å². The molecule has 2 aliphatic rings. The molecule has 2 heterocycles. The first-order valence-corrected chi connectivity index (χ1v) is 6.84. The van der Waals surface area contributed by atoms with Crippen molar-refractivity contribution in [2.45, 2.75) is 18.4 Å². The van der Waals surface area contributed by atoms with E-state index in [1.165, 1.54) is 12.8 Å². The molecule has 1 saturated heterocycles. The Morgan fingerprint density at radius 3 is 3.00 bits per heavy atom. The highest BCUT2D eigenvalue weighted by Crippen LogP contribution is 2.43. The molecule has 1 N–H and O–H groups in total. The number of piperidine rings is 1. The van der Waals surface area contributed by atoms with E-state index in [9.17, 15) is 4.79 Å². The first-order valence-electron chi connectivity index (χ1n) is 6.84. The second-order valence-corrected chi connectivity index (χ2v) is 5.39.